The third-order valence-electron chi connectivity index (χ3n) is 2.81. The molecular weight excluding hydrogens is 198 g/mol. The van der Waals surface area contributed by atoms with Crippen molar-refractivity contribution in [3.8, 4) is 0 Å². The molecule has 0 bridgehead atoms. The molecule has 0 spiro atoms. The number of carbonyl (C=O) groups excluding carboxylic acids is 1. The average molecular weight is 215 g/mol. The zero-order chi connectivity index (χ0) is 11.6. The Morgan fingerprint density at radius 3 is 2.60 bits per heavy atom. The zero-order valence-corrected chi connectivity index (χ0v) is 9.36. The minimum atomic E-state index is -1.05. The lowest BCUT2D eigenvalue weighted by molar-refractivity contribution is -0.562. The van der Waals surface area contributed by atoms with Gasteiger partial charge >= 0.3 is 5.97 Å². The van der Waals surface area contributed by atoms with E-state index in [2.05, 4.69) is 0 Å². The van der Waals surface area contributed by atoms with Gasteiger partial charge in [0.1, 0.15) is 0 Å². The molecule has 0 aliphatic carbocycles. The van der Waals surface area contributed by atoms with Gasteiger partial charge in [-0.15, -0.1) is 0 Å². The Morgan fingerprint density at radius 2 is 2.13 bits per heavy atom. The van der Waals surface area contributed by atoms with E-state index in [1.807, 2.05) is 6.92 Å². The summed E-state index contributed by atoms with van der Waals surface area (Å²) in [6.07, 6.45) is 1.69. The molecule has 0 N–H and O–H groups in total. The first-order valence-electron chi connectivity index (χ1n) is 5.18. The zero-order valence-electron chi connectivity index (χ0n) is 9.36. The van der Waals surface area contributed by atoms with Crippen molar-refractivity contribution in [2.45, 2.75) is 51.7 Å². The monoisotopic (exact) mass is 215 g/mol. The van der Waals surface area contributed by atoms with Gasteiger partial charge in [0, 0.05) is 25.2 Å². The minimum Gasteiger partial charge on any atom is -0.462 e. The Bertz CT molecular complexity index is 275. The fourth-order valence-corrected chi connectivity index (χ4v) is 1.77. The molecule has 5 heteroatoms. The lowest BCUT2D eigenvalue weighted by Gasteiger charge is -2.28. The lowest BCUT2D eigenvalue weighted by atomic mass is 9.86. The van der Waals surface area contributed by atoms with E-state index in [0.29, 0.717) is 6.42 Å². The van der Waals surface area contributed by atoms with E-state index in [-0.39, 0.29) is 29.3 Å². The maximum absolute atomic E-state index is 11.5. The van der Waals surface area contributed by atoms with Crippen LogP contribution < -0.4 is 0 Å². The van der Waals surface area contributed by atoms with Gasteiger partial charge in [0.15, 0.2) is 0 Å². The largest absolute Gasteiger partial charge is 0.462 e. The second kappa shape index (κ2) is 4.16. The van der Waals surface area contributed by atoms with Crippen molar-refractivity contribution in [1.82, 2.24) is 0 Å². The van der Waals surface area contributed by atoms with Gasteiger partial charge in [0.05, 0.1) is 12.0 Å². The number of hydrogen-bond acceptors (Lipinski definition) is 4. The van der Waals surface area contributed by atoms with Gasteiger partial charge in [-0.3, -0.25) is 14.9 Å². The molecule has 5 nitrogen and oxygen atoms in total. The number of nitro groups is 1. The van der Waals surface area contributed by atoms with Crippen molar-refractivity contribution in [3.63, 3.8) is 0 Å². The molecule has 1 heterocycles. The highest BCUT2D eigenvalue weighted by Crippen LogP contribution is 2.28. The highest BCUT2D eigenvalue weighted by atomic mass is 16.6. The summed E-state index contributed by atoms with van der Waals surface area (Å²) in [5, 5.41) is 10.7. The molecule has 0 radical (unpaired) electrons. The van der Waals surface area contributed by atoms with E-state index in [1.165, 1.54) is 13.8 Å². The van der Waals surface area contributed by atoms with Crippen molar-refractivity contribution in [3.05, 3.63) is 10.1 Å². The van der Waals surface area contributed by atoms with Crippen LogP contribution in [0.2, 0.25) is 0 Å². The van der Waals surface area contributed by atoms with Crippen LogP contribution in [0.5, 0.6) is 0 Å². The summed E-state index contributed by atoms with van der Waals surface area (Å²) >= 11 is 0. The van der Waals surface area contributed by atoms with Gasteiger partial charge in [-0.25, -0.2) is 0 Å². The second-order valence-electron chi connectivity index (χ2n) is 4.80. The molecule has 0 aromatic carbocycles. The summed E-state index contributed by atoms with van der Waals surface area (Å²) < 4.78 is 5.06. The predicted octanol–water partition coefficient (Wildman–Crippen LogP) is 1.77. The molecule has 1 saturated heterocycles. The first-order valence-corrected chi connectivity index (χ1v) is 5.18. The highest BCUT2D eigenvalue weighted by Gasteiger charge is 2.39. The summed E-state index contributed by atoms with van der Waals surface area (Å²) in [5.41, 5.74) is -1.05. The van der Waals surface area contributed by atoms with Crippen LogP contribution >= 0.6 is 0 Å². The van der Waals surface area contributed by atoms with Gasteiger partial charge in [-0.05, 0) is 19.8 Å². The lowest BCUT2D eigenvalue weighted by Crippen LogP contribution is -2.39. The predicted molar refractivity (Wildman–Crippen MR) is 54.0 cm³/mol. The first-order chi connectivity index (χ1) is 6.83. The molecule has 86 valence electrons. The Hall–Kier alpha value is -1.13. The number of hydrogen-bond donors (Lipinski definition) is 0. The maximum atomic E-state index is 11.5. The van der Waals surface area contributed by atoms with E-state index in [4.69, 9.17) is 4.74 Å². The van der Waals surface area contributed by atoms with Crippen LogP contribution in [-0.4, -0.2) is 22.5 Å². The van der Waals surface area contributed by atoms with Gasteiger partial charge in [-0.1, -0.05) is 0 Å². The second-order valence-corrected chi connectivity index (χ2v) is 4.80. The summed E-state index contributed by atoms with van der Waals surface area (Å²) in [6, 6.07) is 0. The van der Waals surface area contributed by atoms with Gasteiger partial charge in [0.25, 0.3) is 0 Å². The molecule has 15 heavy (non-hydrogen) atoms. The maximum Gasteiger partial charge on any atom is 0.309 e. The van der Waals surface area contributed by atoms with Crippen molar-refractivity contribution < 1.29 is 14.5 Å². The number of ether oxygens (including phenoxy) is 1. The molecule has 0 aromatic rings. The molecule has 1 rings (SSSR count). The van der Waals surface area contributed by atoms with E-state index < -0.39 is 5.54 Å². The molecule has 1 aliphatic heterocycles. The fourth-order valence-electron chi connectivity index (χ4n) is 1.77. The van der Waals surface area contributed by atoms with Crippen LogP contribution in [0.4, 0.5) is 0 Å². The summed E-state index contributed by atoms with van der Waals surface area (Å²) in [6.45, 7) is 4.92. The minimum absolute atomic E-state index is 0.0486. The smallest absolute Gasteiger partial charge is 0.309 e. The third-order valence-corrected chi connectivity index (χ3v) is 2.81. The topological polar surface area (TPSA) is 69.4 Å². The molecule has 0 amide bonds. The van der Waals surface area contributed by atoms with E-state index in [0.717, 1.165) is 6.42 Å². The Balaban J connectivity index is 2.59. The summed E-state index contributed by atoms with van der Waals surface area (Å²) in [7, 11) is 0. The molecular formula is C10H17NO4. The number of carbonyl (C=O) groups is 1. The van der Waals surface area contributed by atoms with Crippen LogP contribution in [0.15, 0.2) is 0 Å². The van der Waals surface area contributed by atoms with Crippen LogP contribution in [-0.2, 0) is 9.53 Å². The number of rotatable bonds is 3. The SMILES string of the molecule is CC1CCC(CC(C)(C)[N+](=O)[O-])C(=O)O1. The highest BCUT2D eigenvalue weighted by molar-refractivity contribution is 5.73. The molecule has 1 fully saturated rings. The Morgan fingerprint density at radius 1 is 1.53 bits per heavy atom. The van der Waals surface area contributed by atoms with Crippen LogP contribution in [0.25, 0.3) is 0 Å². The summed E-state index contributed by atoms with van der Waals surface area (Å²) in [5.74, 6) is -0.606. The third kappa shape index (κ3) is 2.91. The Kier molecular flexibility index (Phi) is 3.31. The molecule has 1 aliphatic rings. The number of cyclic esters (lactones) is 1. The van der Waals surface area contributed by atoms with E-state index >= 15 is 0 Å². The molecule has 2 unspecified atom stereocenters. The van der Waals surface area contributed by atoms with Crippen molar-refractivity contribution >= 4 is 5.97 Å². The average Bonchev–Trinajstić information content (AvgIpc) is 2.09. The number of nitrogens with zero attached hydrogens (tertiary/aromatic N) is 1. The molecule has 2 atom stereocenters. The van der Waals surface area contributed by atoms with Crippen LogP contribution in [0.3, 0.4) is 0 Å². The number of esters is 1. The quantitative estimate of drug-likeness (QED) is 0.408. The molecule has 0 aromatic heterocycles. The van der Waals surface area contributed by atoms with Crippen molar-refractivity contribution in [1.29, 1.82) is 0 Å². The Labute approximate surface area is 88.9 Å². The van der Waals surface area contributed by atoms with Crippen molar-refractivity contribution in [2.75, 3.05) is 0 Å². The van der Waals surface area contributed by atoms with Gasteiger partial charge < -0.3 is 4.74 Å². The standard InChI is InChI=1S/C10H17NO4/c1-7-4-5-8(9(12)15-7)6-10(2,3)11(13)14/h7-8H,4-6H2,1-3H3. The molecule has 0 saturated carbocycles. The van der Waals surface area contributed by atoms with Crippen LogP contribution in [0.1, 0.15) is 40.0 Å². The fraction of sp³-hybridized carbons (Fsp3) is 0.900. The van der Waals surface area contributed by atoms with E-state index in [1.54, 1.807) is 0 Å². The van der Waals surface area contributed by atoms with Crippen LogP contribution in [0, 0.1) is 16.0 Å². The normalized spacial score (nSPS) is 27.3. The van der Waals surface area contributed by atoms with Gasteiger partial charge in [-0.2, -0.15) is 0 Å². The van der Waals surface area contributed by atoms with E-state index in [9.17, 15) is 14.9 Å². The van der Waals surface area contributed by atoms with Crippen molar-refractivity contribution in [2.24, 2.45) is 5.92 Å². The van der Waals surface area contributed by atoms with Gasteiger partial charge in [0.2, 0.25) is 5.54 Å². The first kappa shape index (κ1) is 11.9. The summed E-state index contributed by atoms with van der Waals surface area (Å²) in [4.78, 5) is 21.8.